The summed E-state index contributed by atoms with van der Waals surface area (Å²) in [6.07, 6.45) is 4.11. The topological polar surface area (TPSA) is 6.48 Å². The van der Waals surface area contributed by atoms with Crippen molar-refractivity contribution < 1.29 is 0 Å². The second kappa shape index (κ2) is 6.41. The number of rotatable bonds is 5. The molecule has 0 N–H and O–H groups in total. The molecule has 14 heavy (non-hydrogen) atoms. The van der Waals surface area contributed by atoms with Gasteiger partial charge in [-0.2, -0.15) is 0 Å². The number of likely N-dealkylation sites (N-methyl/N-ethyl adjacent to an activating group) is 2. The third-order valence-electron chi connectivity index (χ3n) is 3.43. The van der Waals surface area contributed by atoms with Crippen molar-refractivity contribution in [1.29, 1.82) is 0 Å². The Morgan fingerprint density at radius 1 is 1.07 bits per heavy atom. The molecule has 84 valence electrons. The Kier molecular flexibility index (Phi) is 5.49. The number of hydrogen-bond donors (Lipinski definition) is 0. The minimum Gasteiger partial charge on any atom is -0.301 e. The third-order valence-corrected chi connectivity index (χ3v) is 3.43. The maximum absolute atomic E-state index is 2.65. The molecular formula is C12H26N2. The van der Waals surface area contributed by atoms with Crippen LogP contribution in [0.3, 0.4) is 0 Å². The molecule has 0 aromatic carbocycles. The van der Waals surface area contributed by atoms with Crippen molar-refractivity contribution in [3.63, 3.8) is 0 Å². The van der Waals surface area contributed by atoms with Crippen LogP contribution in [0.25, 0.3) is 0 Å². The molecule has 0 bridgehead atoms. The molecule has 0 aromatic heterocycles. The van der Waals surface area contributed by atoms with Gasteiger partial charge in [0.05, 0.1) is 0 Å². The highest BCUT2D eigenvalue weighted by molar-refractivity contribution is 4.80. The Bertz CT molecular complexity index is 147. The van der Waals surface area contributed by atoms with Crippen LogP contribution in [-0.2, 0) is 0 Å². The van der Waals surface area contributed by atoms with E-state index < -0.39 is 0 Å². The first kappa shape index (κ1) is 12.0. The van der Waals surface area contributed by atoms with Crippen molar-refractivity contribution in [3.05, 3.63) is 0 Å². The van der Waals surface area contributed by atoms with Gasteiger partial charge in [-0.1, -0.05) is 33.6 Å². The number of piperazine rings is 1. The van der Waals surface area contributed by atoms with E-state index in [4.69, 9.17) is 0 Å². The second-order valence-electron chi connectivity index (χ2n) is 4.32. The molecule has 1 atom stereocenters. The quantitative estimate of drug-likeness (QED) is 0.668. The van der Waals surface area contributed by atoms with Crippen molar-refractivity contribution >= 4 is 0 Å². The number of hydrogen-bond acceptors (Lipinski definition) is 2. The maximum atomic E-state index is 2.65. The van der Waals surface area contributed by atoms with E-state index in [0.717, 1.165) is 6.04 Å². The van der Waals surface area contributed by atoms with Crippen molar-refractivity contribution in [2.24, 2.45) is 0 Å². The highest BCUT2D eigenvalue weighted by Crippen LogP contribution is 2.14. The summed E-state index contributed by atoms with van der Waals surface area (Å²) in [7, 11) is 0. The van der Waals surface area contributed by atoms with E-state index in [0.29, 0.717) is 0 Å². The highest BCUT2D eigenvalue weighted by Gasteiger charge is 2.23. The molecule has 1 heterocycles. The Labute approximate surface area is 89.3 Å². The zero-order chi connectivity index (χ0) is 10.4. The van der Waals surface area contributed by atoms with Crippen LogP contribution in [0.2, 0.25) is 0 Å². The van der Waals surface area contributed by atoms with Gasteiger partial charge in [-0.3, -0.25) is 4.90 Å². The van der Waals surface area contributed by atoms with Crippen molar-refractivity contribution in [1.82, 2.24) is 9.80 Å². The molecule has 0 amide bonds. The molecule has 0 aliphatic carbocycles. The Balaban J connectivity index is 2.38. The Hall–Kier alpha value is -0.0800. The molecule has 0 unspecified atom stereocenters. The molecule has 2 heteroatoms. The minimum absolute atomic E-state index is 0.827. The molecular weight excluding hydrogens is 172 g/mol. The molecule has 1 aliphatic heterocycles. The van der Waals surface area contributed by atoms with Crippen LogP contribution in [0, 0.1) is 0 Å². The lowest BCUT2D eigenvalue weighted by atomic mass is 10.1. The summed E-state index contributed by atoms with van der Waals surface area (Å²) in [6.45, 7) is 13.2. The molecule has 0 aromatic rings. The largest absolute Gasteiger partial charge is 0.301 e. The smallest absolute Gasteiger partial charge is 0.0223 e. The van der Waals surface area contributed by atoms with Crippen LogP contribution >= 0.6 is 0 Å². The van der Waals surface area contributed by atoms with Gasteiger partial charge in [-0.15, -0.1) is 0 Å². The van der Waals surface area contributed by atoms with Gasteiger partial charge >= 0.3 is 0 Å². The first-order valence-electron chi connectivity index (χ1n) is 6.28. The lowest BCUT2D eigenvalue weighted by Gasteiger charge is -2.40. The fourth-order valence-corrected chi connectivity index (χ4v) is 2.37. The van der Waals surface area contributed by atoms with Gasteiger partial charge in [0.2, 0.25) is 0 Å². The molecule has 1 fully saturated rings. The van der Waals surface area contributed by atoms with Crippen molar-refractivity contribution in [3.8, 4) is 0 Å². The van der Waals surface area contributed by atoms with E-state index in [1.807, 2.05) is 0 Å². The number of unbranched alkanes of at least 4 members (excludes halogenated alkanes) is 1. The molecule has 1 aliphatic rings. The molecule has 0 saturated carbocycles. The van der Waals surface area contributed by atoms with Crippen LogP contribution < -0.4 is 0 Å². The molecule has 1 rings (SSSR count). The summed E-state index contributed by atoms with van der Waals surface area (Å²) in [4.78, 5) is 5.24. The Morgan fingerprint density at radius 2 is 1.86 bits per heavy atom. The van der Waals surface area contributed by atoms with E-state index in [2.05, 4.69) is 30.6 Å². The van der Waals surface area contributed by atoms with E-state index >= 15 is 0 Å². The summed E-state index contributed by atoms with van der Waals surface area (Å²) in [6, 6.07) is 0.827. The molecule has 0 radical (unpaired) electrons. The fraction of sp³-hybridized carbons (Fsp3) is 1.00. The lowest BCUT2D eigenvalue weighted by molar-refractivity contribution is 0.0760. The Morgan fingerprint density at radius 3 is 2.43 bits per heavy atom. The van der Waals surface area contributed by atoms with Crippen molar-refractivity contribution in [2.75, 3.05) is 32.7 Å². The predicted octanol–water partition coefficient (Wildman–Crippen LogP) is 2.20. The summed E-state index contributed by atoms with van der Waals surface area (Å²) in [5.41, 5.74) is 0. The lowest BCUT2D eigenvalue weighted by Crippen LogP contribution is -2.52. The monoisotopic (exact) mass is 198 g/mol. The molecule has 1 saturated heterocycles. The third kappa shape index (κ3) is 3.25. The van der Waals surface area contributed by atoms with Gasteiger partial charge < -0.3 is 4.90 Å². The SMILES string of the molecule is CCCC[C@H]1CN(CC)CCN1CC. The van der Waals surface area contributed by atoms with E-state index in [9.17, 15) is 0 Å². The first-order valence-corrected chi connectivity index (χ1v) is 6.28. The van der Waals surface area contributed by atoms with E-state index in [1.165, 1.54) is 52.0 Å². The zero-order valence-corrected chi connectivity index (χ0v) is 10.1. The van der Waals surface area contributed by atoms with E-state index in [1.54, 1.807) is 0 Å². The summed E-state index contributed by atoms with van der Waals surface area (Å²) in [5.74, 6) is 0. The predicted molar refractivity (Wildman–Crippen MR) is 62.7 cm³/mol. The van der Waals surface area contributed by atoms with Gasteiger partial charge in [0.15, 0.2) is 0 Å². The average molecular weight is 198 g/mol. The van der Waals surface area contributed by atoms with E-state index in [-0.39, 0.29) is 0 Å². The molecule has 0 spiro atoms. The normalized spacial score (nSPS) is 25.5. The molecule has 2 nitrogen and oxygen atoms in total. The highest BCUT2D eigenvalue weighted by atomic mass is 15.3. The summed E-state index contributed by atoms with van der Waals surface area (Å²) < 4.78 is 0. The zero-order valence-electron chi connectivity index (χ0n) is 10.1. The van der Waals surface area contributed by atoms with Gasteiger partial charge in [-0.25, -0.2) is 0 Å². The van der Waals surface area contributed by atoms with Crippen LogP contribution in [0.15, 0.2) is 0 Å². The minimum atomic E-state index is 0.827. The fourth-order valence-electron chi connectivity index (χ4n) is 2.37. The summed E-state index contributed by atoms with van der Waals surface area (Å²) >= 11 is 0. The first-order chi connectivity index (χ1) is 6.81. The maximum Gasteiger partial charge on any atom is 0.0223 e. The average Bonchev–Trinajstić information content (AvgIpc) is 2.25. The van der Waals surface area contributed by atoms with Crippen LogP contribution in [0.1, 0.15) is 40.0 Å². The van der Waals surface area contributed by atoms with Crippen LogP contribution in [-0.4, -0.2) is 48.6 Å². The van der Waals surface area contributed by atoms with Crippen LogP contribution in [0.5, 0.6) is 0 Å². The van der Waals surface area contributed by atoms with Gasteiger partial charge in [0.25, 0.3) is 0 Å². The van der Waals surface area contributed by atoms with Gasteiger partial charge in [0.1, 0.15) is 0 Å². The van der Waals surface area contributed by atoms with Gasteiger partial charge in [0, 0.05) is 25.7 Å². The van der Waals surface area contributed by atoms with Crippen molar-refractivity contribution in [2.45, 2.75) is 46.1 Å². The summed E-state index contributed by atoms with van der Waals surface area (Å²) in [5, 5.41) is 0. The second-order valence-corrected chi connectivity index (χ2v) is 4.32. The standard InChI is InChI=1S/C12H26N2/c1-4-7-8-12-11-13(5-2)9-10-14(12)6-3/h12H,4-11H2,1-3H3/t12-/m0/s1. The van der Waals surface area contributed by atoms with Gasteiger partial charge in [-0.05, 0) is 19.5 Å². The number of nitrogens with zero attached hydrogens (tertiary/aromatic N) is 2. The van der Waals surface area contributed by atoms with Crippen LogP contribution in [0.4, 0.5) is 0 Å².